The summed E-state index contributed by atoms with van der Waals surface area (Å²) in [5, 5.41) is 0.821. The van der Waals surface area contributed by atoms with Gasteiger partial charge in [0, 0.05) is 6.42 Å². The third kappa shape index (κ3) is 6.57. The minimum atomic E-state index is -0.214. The Balaban J connectivity index is 2.29. The van der Waals surface area contributed by atoms with Crippen LogP contribution in [0.3, 0.4) is 0 Å². The van der Waals surface area contributed by atoms with Crippen molar-refractivity contribution in [2.45, 2.75) is 39.2 Å². The number of nitrogens with one attached hydrogen (secondary N) is 1. The molecule has 0 atom stereocenters. The van der Waals surface area contributed by atoms with Crippen LogP contribution in [0.15, 0.2) is 30.3 Å². The summed E-state index contributed by atoms with van der Waals surface area (Å²) in [6.07, 6.45) is 3.70. The molecule has 5 nitrogen and oxygen atoms in total. The van der Waals surface area contributed by atoms with Crippen molar-refractivity contribution >= 4 is 12.3 Å². The van der Waals surface area contributed by atoms with E-state index in [1.165, 1.54) is 0 Å². The quantitative estimate of drug-likeness (QED) is 0.422. The van der Waals surface area contributed by atoms with E-state index in [-0.39, 0.29) is 12.5 Å². The molecule has 0 saturated heterocycles. The molecule has 104 valence electrons. The molecule has 1 aromatic carbocycles. The fraction of sp³-hybridized carbons (Fsp3) is 0.429. The highest BCUT2D eigenvalue weighted by molar-refractivity contribution is 5.76. The number of hydrogen-bond acceptors (Lipinski definition) is 3. The number of hydrogen-bond donors (Lipinski definition) is 1. The van der Waals surface area contributed by atoms with E-state index in [9.17, 15) is 9.59 Å². The molecular formula is C14H20N2O3. The average Bonchev–Trinajstić information content (AvgIpc) is 2.45. The predicted octanol–water partition coefficient (Wildman–Crippen LogP) is 2.19. The second-order valence-electron chi connectivity index (χ2n) is 4.18. The topological polar surface area (TPSA) is 58.6 Å². The predicted molar refractivity (Wildman–Crippen MR) is 71.4 cm³/mol. The lowest BCUT2D eigenvalue weighted by molar-refractivity contribution is -0.200. The van der Waals surface area contributed by atoms with Gasteiger partial charge in [0.1, 0.15) is 6.61 Å². The lowest BCUT2D eigenvalue weighted by Gasteiger charge is -2.17. The fourth-order valence-electron chi connectivity index (χ4n) is 1.52. The first-order chi connectivity index (χ1) is 9.26. The highest BCUT2D eigenvalue weighted by atomic mass is 16.7. The Morgan fingerprint density at radius 2 is 2.05 bits per heavy atom. The van der Waals surface area contributed by atoms with Crippen LogP contribution in [0.2, 0.25) is 0 Å². The number of benzene rings is 1. The van der Waals surface area contributed by atoms with Crippen molar-refractivity contribution < 1.29 is 14.4 Å². The molecule has 0 unspecified atom stereocenters. The summed E-state index contributed by atoms with van der Waals surface area (Å²) in [6, 6.07) is 9.43. The number of hydroxylamine groups is 1. The Labute approximate surface area is 113 Å². The van der Waals surface area contributed by atoms with Gasteiger partial charge in [0.15, 0.2) is 0 Å². The summed E-state index contributed by atoms with van der Waals surface area (Å²) >= 11 is 0. The molecule has 2 amide bonds. The highest BCUT2D eigenvalue weighted by Crippen LogP contribution is 2.02. The number of carbonyl (C=O) groups is 2. The minimum Gasteiger partial charge on any atom is -0.274 e. The molecule has 0 aliphatic heterocycles. The van der Waals surface area contributed by atoms with E-state index in [4.69, 9.17) is 4.84 Å². The normalized spacial score (nSPS) is 9.95. The molecule has 0 fully saturated rings. The van der Waals surface area contributed by atoms with Crippen molar-refractivity contribution in [1.29, 1.82) is 0 Å². The molecule has 19 heavy (non-hydrogen) atoms. The van der Waals surface area contributed by atoms with E-state index in [0.717, 1.165) is 30.0 Å². The summed E-state index contributed by atoms with van der Waals surface area (Å²) in [7, 11) is 0. The fourth-order valence-corrected chi connectivity index (χ4v) is 1.52. The third-order valence-electron chi connectivity index (χ3n) is 2.55. The summed E-state index contributed by atoms with van der Waals surface area (Å²) in [5.41, 5.74) is 3.33. The van der Waals surface area contributed by atoms with E-state index < -0.39 is 0 Å². The Bertz CT molecular complexity index is 382. The van der Waals surface area contributed by atoms with Gasteiger partial charge in [-0.2, -0.15) is 0 Å². The zero-order chi connectivity index (χ0) is 13.9. The number of hydrazine groups is 1. The molecule has 1 N–H and O–H groups in total. The van der Waals surface area contributed by atoms with Crippen LogP contribution in [0.25, 0.3) is 0 Å². The second kappa shape index (κ2) is 9.10. The van der Waals surface area contributed by atoms with Crippen LogP contribution < -0.4 is 5.43 Å². The van der Waals surface area contributed by atoms with Gasteiger partial charge in [-0.05, 0) is 12.0 Å². The summed E-state index contributed by atoms with van der Waals surface area (Å²) in [6.45, 7) is 2.30. The van der Waals surface area contributed by atoms with Gasteiger partial charge in [-0.15, -0.1) is 5.17 Å². The van der Waals surface area contributed by atoms with Gasteiger partial charge < -0.3 is 0 Å². The van der Waals surface area contributed by atoms with E-state index in [1.807, 2.05) is 30.3 Å². The number of rotatable bonds is 9. The third-order valence-corrected chi connectivity index (χ3v) is 2.55. The van der Waals surface area contributed by atoms with Crippen LogP contribution in [-0.4, -0.2) is 17.5 Å². The van der Waals surface area contributed by atoms with Crippen LogP contribution in [-0.2, 0) is 21.0 Å². The van der Waals surface area contributed by atoms with Gasteiger partial charge in [0.25, 0.3) is 6.41 Å². The molecule has 0 spiro atoms. The number of unbranched alkanes of at least 4 members (excludes halogenated alkanes) is 2. The van der Waals surface area contributed by atoms with E-state index in [1.54, 1.807) is 0 Å². The van der Waals surface area contributed by atoms with Gasteiger partial charge in [-0.25, -0.2) is 10.3 Å². The smallest absolute Gasteiger partial charge is 0.254 e. The molecule has 0 heterocycles. The van der Waals surface area contributed by atoms with Crippen LogP contribution in [0.1, 0.15) is 38.2 Å². The molecule has 0 bridgehead atoms. The van der Waals surface area contributed by atoms with E-state index in [0.29, 0.717) is 12.8 Å². The zero-order valence-corrected chi connectivity index (χ0v) is 11.2. The maximum absolute atomic E-state index is 11.5. The molecule has 1 rings (SSSR count). The molecule has 0 saturated carbocycles. The van der Waals surface area contributed by atoms with Crippen molar-refractivity contribution in [3.8, 4) is 0 Å². The molecular weight excluding hydrogens is 244 g/mol. The highest BCUT2D eigenvalue weighted by Gasteiger charge is 2.07. The maximum Gasteiger partial charge on any atom is 0.254 e. The van der Waals surface area contributed by atoms with Gasteiger partial charge in [0.05, 0.1) is 0 Å². The van der Waals surface area contributed by atoms with Crippen molar-refractivity contribution in [3.05, 3.63) is 35.9 Å². The van der Waals surface area contributed by atoms with Crippen LogP contribution in [0, 0.1) is 0 Å². The molecule has 0 aromatic heterocycles. The van der Waals surface area contributed by atoms with Crippen LogP contribution >= 0.6 is 0 Å². The number of carbonyl (C=O) groups excluding carboxylic acids is 2. The Hall–Kier alpha value is -1.88. The zero-order valence-electron chi connectivity index (χ0n) is 11.2. The Kier molecular flexibility index (Phi) is 7.27. The first-order valence-electron chi connectivity index (χ1n) is 6.47. The van der Waals surface area contributed by atoms with Crippen molar-refractivity contribution in [2.75, 3.05) is 0 Å². The van der Waals surface area contributed by atoms with Crippen molar-refractivity contribution in [1.82, 2.24) is 10.6 Å². The maximum atomic E-state index is 11.5. The first-order valence-corrected chi connectivity index (χ1v) is 6.47. The standard InChI is InChI=1S/C14H20N2O3/c1-2-3-5-10-14(18)15-16(12-17)19-11-13-8-6-4-7-9-13/h4,6-9,12H,2-3,5,10-11H2,1H3,(H,15,18). The van der Waals surface area contributed by atoms with Gasteiger partial charge in [0.2, 0.25) is 5.91 Å². The SMILES string of the molecule is CCCCCC(=O)NN(C=O)OCc1ccccc1. The lowest BCUT2D eigenvalue weighted by atomic mass is 10.2. The van der Waals surface area contributed by atoms with E-state index in [2.05, 4.69) is 12.3 Å². The molecule has 0 aliphatic rings. The molecule has 0 radical (unpaired) electrons. The largest absolute Gasteiger partial charge is 0.274 e. The Morgan fingerprint density at radius 1 is 1.32 bits per heavy atom. The average molecular weight is 264 g/mol. The summed E-state index contributed by atoms with van der Waals surface area (Å²) in [4.78, 5) is 27.5. The summed E-state index contributed by atoms with van der Waals surface area (Å²) in [5.74, 6) is -0.214. The summed E-state index contributed by atoms with van der Waals surface area (Å²) < 4.78 is 0. The second-order valence-corrected chi connectivity index (χ2v) is 4.18. The lowest BCUT2D eigenvalue weighted by Crippen LogP contribution is -2.41. The van der Waals surface area contributed by atoms with Gasteiger partial charge >= 0.3 is 0 Å². The molecule has 5 heteroatoms. The molecule has 1 aromatic rings. The van der Waals surface area contributed by atoms with Crippen LogP contribution in [0.5, 0.6) is 0 Å². The monoisotopic (exact) mass is 264 g/mol. The Morgan fingerprint density at radius 3 is 2.68 bits per heavy atom. The number of amides is 2. The van der Waals surface area contributed by atoms with Gasteiger partial charge in [-0.1, -0.05) is 50.1 Å². The van der Waals surface area contributed by atoms with Crippen molar-refractivity contribution in [3.63, 3.8) is 0 Å². The minimum absolute atomic E-state index is 0.214. The van der Waals surface area contributed by atoms with E-state index >= 15 is 0 Å². The molecule has 0 aliphatic carbocycles. The first kappa shape index (κ1) is 15.2. The van der Waals surface area contributed by atoms with Gasteiger partial charge in [-0.3, -0.25) is 9.59 Å². The van der Waals surface area contributed by atoms with Crippen LogP contribution in [0.4, 0.5) is 0 Å². The number of nitrogens with zero attached hydrogens (tertiary/aromatic N) is 1. The van der Waals surface area contributed by atoms with Crippen molar-refractivity contribution in [2.24, 2.45) is 0 Å².